The van der Waals surface area contributed by atoms with Gasteiger partial charge < -0.3 is 9.05 Å². The average Bonchev–Trinajstić information content (AvgIpc) is 3.24. The highest BCUT2D eigenvalue weighted by molar-refractivity contribution is 7.68. The second-order valence-corrected chi connectivity index (χ2v) is 20.4. The van der Waals surface area contributed by atoms with Crippen LogP contribution in [0.4, 0.5) is 0 Å². The molecular formula is C30H42O4P2. The molecule has 11 rings (SSSR count). The molecule has 3 aliphatic heterocycles. The fourth-order valence-corrected chi connectivity index (χ4v) is 21.2. The van der Waals surface area contributed by atoms with E-state index in [1.165, 1.54) is 49.7 Å². The number of allylic oxidation sites excluding steroid dienone is 3. The number of rotatable bonds is 4. The summed E-state index contributed by atoms with van der Waals surface area (Å²) in [5.41, 5.74) is 1.58. The van der Waals surface area contributed by atoms with Crippen molar-refractivity contribution < 1.29 is 18.2 Å². The standard InChI is InChI=1S/C30H42O4P2/c1-17-3-25-28-26(27(17)36(25,32)34-30-13-22-7-23(14-30)9-24(8-22)15-30)18(2)16-35(28,31)33-29-10-19-4-20(11-29)6-21(5-19)12-29/h3,16,19-28H,4-15H2,1-2H3/t19?,20?,21?,22?,23?,24?,25-,26+,27+,28+,29?,30?,35?,36?/m0/s1. The molecule has 0 N–H and O–H groups in total. The lowest BCUT2D eigenvalue weighted by Crippen LogP contribution is -2.52. The first-order chi connectivity index (χ1) is 17.1. The van der Waals surface area contributed by atoms with Gasteiger partial charge in [-0.05, 0) is 126 Å². The smallest absolute Gasteiger partial charge is 0.230 e. The fourth-order valence-electron chi connectivity index (χ4n) is 12.7. The Balaban J connectivity index is 1.07. The van der Waals surface area contributed by atoms with E-state index < -0.39 is 14.7 Å². The molecule has 3 heterocycles. The van der Waals surface area contributed by atoms with E-state index in [-0.39, 0.29) is 34.1 Å². The molecule has 11 aliphatic rings. The van der Waals surface area contributed by atoms with E-state index in [2.05, 4.69) is 19.9 Å². The third kappa shape index (κ3) is 2.87. The van der Waals surface area contributed by atoms with Gasteiger partial charge in [0.05, 0.1) is 28.2 Å². The Hall–Kier alpha value is -0.140. The molecule has 1 saturated heterocycles. The van der Waals surface area contributed by atoms with Crippen molar-refractivity contribution in [2.45, 2.75) is 119 Å². The average molecular weight is 529 g/mol. The molecule has 10 bridgehead atoms. The highest BCUT2D eigenvalue weighted by atomic mass is 31.2. The normalized spacial score (nSPS) is 63.2. The predicted octanol–water partition coefficient (Wildman–Crippen LogP) is 8.13. The second-order valence-electron chi connectivity index (χ2n) is 15.4. The van der Waals surface area contributed by atoms with Gasteiger partial charge >= 0.3 is 0 Å². The van der Waals surface area contributed by atoms with Crippen LogP contribution in [-0.2, 0) is 18.2 Å². The second kappa shape index (κ2) is 6.95. The highest BCUT2D eigenvalue weighted by Crippen LogP contribution is 2.85. The van der Waals surface area contributed by atoms with Crippen molar-refractivity contribution in [1.82, 2.24) is 0 Å². The van der Waals surface area contributed by atoms with Crippen LogP contribution in [0.3, 0.4) is 0 Å². The molecular weight excluding hydrogens is 486 g/mol. The summed E-state index contributed by atoms with van der Waals surface area (Å²) in [4.78, 5) is 0. The van der Waals surface area contributed by atoms with Crippen molar-refractivity contribution in [2.75, 3.05) is 0 Å². The van der Waals surface area contributed by atoms with Crippen molar-refractivity contribution >= 4 is 14.7 Å². The van der Waals surface area contributed by atoms with E-state index in [0.29, 0.717) is 0 Å². The fraction of sp³-hybridized carbons (Fsp3) is 0.867. The number of fused-ring (bicyclic) bond motifs is 5. The Bertz CT molecular complexity index is 1130. The van der Waals surface area contributed by atoms with Crippen molar-refractivity contribution in [3.63, 3.8) is 0 Å². The molecule has 9 fully saturated rings. The van der Waals surface area contributed by atoms with Gasteiger partial charge in [-0.1, -0.05) is 17.2 Å². The SMILES string of the molecule is CC1=CP(=O)(OC23CC4CC(CC(C4)C2)C3)[C@H]2[C@H]1[C@H]1C(C)=C[C@@H]2P1(=O)OC12CC3CC(CC(C3)C1)C2. The molecule has 8 aliphatic carbocycles. The van der Waals surface area contributed by atoms with E-state index in [9.17, 15) is 4.57 Å². The molecule has 2 unspecified atom stereocenters. The van der Waals surface area contributed by atoms with E-state index in [1.807, 2.05) is 5.82 Å². The maximum Gasteiger partial charge on any atom is 0.230 e. The van der Waals surface area contributed by atoms with Crippen molar-refractivity contribution in [3.8, 4) is 0 Å². The van der Waals surface area contributed by atoms with Crippen LogP contribution >= 0.6 is 14.7 Å². The maximum absolute atomic E-state index is 15.2. The molecule has 6 heteroatoms. The van der Waals surface area contributed by atoms with Gasteiger partial charge in [0, 0.05) is 11.7 Å². The van der Waals surface area contributed by atoms with E-state index in [4.69, 9.17) is 9.05 Å². The van der Waals surface area contributed by atoms with Gasteiger partial charge in [-0.3, -0.25) is 9.13 Å². The van der Waals surface area contributed by atoms with Crippen LogP contribution in [0.15, 0.2) is 23.0 Å². The van der Waals surface area contributed by atoms with E-state index >= 15 is 4.57 Å². The third-order valence-electron chi connectivity index (χ3n) is 12.7. The van der Waals surface area contributed by atoms with Gasteiger partial charge in [0.1, 0.15) is 0 Å². The summed E-state index contributed by atoms with van der Waals surface area (Å²) in [5.74, 6) is 6.72. The first-order valence-electron chi connectivity index (χ1n) is 15.1. The van der Waals surface area contributed by atoms with Crippen molar-refractivity contribution in [2.24, 2.45) is 41.4 Å². The van der Waals surface area contributed by atoms with Crippen LogP contribution in [-0.4, -0.2) is 28.2 Å². The third-order valence-corrected chi connectivity index (χ3v) is 19.3. The highest BCUT2D eigenvalue weighted by Gasteiger charge is 2.72. The van der Waals surface area contributed by atoms with Gasteiger partial charge in [-0.25, -0.2) is 0 Å². The van der Waals surface area contributed by atoms with Crippen molar-refractivity contribution in [1.29, 1.82) is 0 Å². The first-order valence-corrected chi connectivity index (χ1v) is 18.7. The summed E-state index contributed by atoms with van der Waals surface area (Å²) in [6, 6.07) is 0. The van der Waals surface area contributed by atoms with Crippen LogP contribution in [0.25, 0.3) is 0 Å². The maximum atomic E-state index is 15.2. The lowest BCUT2D eigenvalue weighted by atomic mass is 9.54. The zero-order valence-corrected chi connectivity index (χ0v) is 23.7. The summed E-state index contributed by atoms with van der Waals surface area (Å²) in [5, 5.41) is 0. The Kier molecular flexibility index (Phi) is 4.37. The Morgan fingerprint density at radius 1 is 0.694 bits per heavy atom. The number of hydrogen-bond acceptors (Lipinski definition) is 4. The summed E-state index contributed by atoms with van der Waals surface area (Å²) in [6.45, 7) is 4.30. The van der Waals surface area contributed by atoms with Crippen LogP contribution in [0.5, 0.6) is 0 Å². The summed E-state index contributed by atoms with van der Waals surface area (Å²) in [6.07, 6.45) is 17.0. The molecule has 196 valence electrons. The zero-order valence-electron chi connectivity index (χ0n) is 21.9. The topological polar surface area (TPSA) is 52.6 Å². The molecule has 0 radical (unpaired) electrons. The first kappa shape index (κ1) is 22.7. The quantitative estimate of drug-likeness (QED) is 0.273. The zero-order chi connectivity index (χ0) is 24.2. The number of hydrogen-bond donors (Lipinski definition) is 0. The van der Waals surface area contributed by atoms with Gasteiger partial charge in [-0.2, -0.15) is 0 Å². The van der Waals surface area contributed by atoms with E-state index in [0.717, 1.165) is 74.0 Å². The van der Waals surface area contributed by atoms with Crippen LogP contribution in [0, 0.1) is 41.4 Å². The van der Waals surface area contributed by atoms with Gasteiger partial charge in [0.25, 0.3) is 0 Å². The molecule has 36 heavy (non-hydrogen) atoms. The largest absolute Gasteiger partial charge is 0.321 e. The van der Waals surface area contributed by atoms with E-state index in [1.54, 1.807) is 0 Å². The Labute approximate surface area is 216 Å². The Morgan fingerprint density at radius 2 is 1.14 bits per heavy atom. The minimum Gasteiger partial charge on any atom is -0.321 e. The molecule has 6 atom stereocenters. The predicted molar refractivity (Wildman–Crippen MR) is 142 cm³/mol. The summed E-state index contributed by atoms with van der Waals surface area (Å²) < 4.78 is 44.3. The van der Waals surface area contributed by atoms with Crippen LogP contribution in [0.2, 0.25) is 0 Å². The van der Waals surface area contributed by atoms with Gasteiger partial charge in [0.15, 0.2) is 0 Å². The summed E-state index contributed by atoms with van der Waals surface area (Å²) >= 11 is 0. The van der Waals surface area contributed by atoms with Crippen LogP contribution < -0.4 is 0 Å². The Morgan fingerprint density at radius 3 is 1.61 bits per heavy atom. The molecule has 0 amide bonds. The molecule has 0 aromatic rings. The molecule has 0 aromatic carbocycles. The summed E-state index contributed by atoms with van der Waals surface area (Å²) in [7, 11) is -6.08. The molecule has 4 nitrogen and oxygen atoms in total. The minimum atomic E-state index is -3.07. The van der Waals surface area contributed by atoms with Gasteiger partial charge in [-0.15, -0.1) is 0 Å². The lowest BCUT2D eigenvalue weighted by molar-refractivity contribution is -0.107. The van der Waals surface area contributed by atoms with Crippen molar-refractivity contribution in [3.05, 3.63) is 23.0 Å². The molecule has 0 aromatic heterocycles. The monoisotopic (exact) mass is 528 g/mol. The molecule has 8 saturated carbocycles. The molecule has 0 spiro atoms. The van der Waals surface area contributed by atoms with Crippen LogP contribution in [0.1, 0.15) is 90.9 Å². The lowest BCUT2D eigenvalue weighted by Gasteiger charge is -2.57. The van der Waals surface area contributed by atoms with Gasteiger partial charge in [0.2, 0.25) is 14.7 Å². The minimum absolute atomic E-state index is 0.0763.